The molecule has 1 aliphatic rings. The van der Waals surface area contributed by atoms with Crippen LogP contribution in [0.2, 0.25) is 0 Å². The number of esters is 1. The Kier molecular flexibility index (Phi) is 8.53. The zero-order valence-corrected chi connectivity index (χ0v) is 19.1. The summed E-state index contributed by atoms with van der Waals surface area (Å²) in [6, 6.07) is 8.07. The lowest BCUT2D eigenvalue weighted by Gasteiger charge is -2.21. The summed E-state index contributed by atoms with van der Waals surface area (Å²) in [5.41, 5.74) is 2.08. The molecule has 2 atom stereocenters. The number of aryl methyl sites for hydroxylation is 1. The van der Waals surface area contributed by atoms with E-state index in [9.17, 15) is 4.79 Å². The topological polar surface area (TPSA) is 82.6 Å². The maximum atomic E-state index is 11.9. The van der Waals surface area contributed by atoms with E-state index in [1.165, 1.54) is 7.11 Å². The minimum Gasteiger partial charge on any atom is -0.469 e. The van der Waals surface area contributed by atoms with Crippen LogP contribution in [0.3, 0.4) is 0 Å². The number of ether oxygens (including phenoxy) is 1. The molecule has 28 heavy (non-hydrogen) atoms. The van der Waals surface area contributed by atoms with E-state index < -0.39 is 0 Å². The molecule has 8 heteroatoms. The van der Waals surface area contributed by atoms with Crippen molar-refractivity contribution in [3.63, 3.8) is 0 Å². The van der Waals surface area contributed by atoms with E-state index in [4.69, 9.17) is 9.73 Å². The van der Waals surface area contributed by atoms with E-state index in [1.807, 2.05) is 24.3 Å². The molecule has 0 bridgehead atoms. The predicted molar refractivity (Wildman–Crippen MR) is 122 cm³/mol. The Morgan fingerprint density at radius 3 is 2.89 bits per heavy atom. The molecule has 0 aliphatic carbocycles. The van der Waals surface area contributed by atoms with Crippen LogP contribution in [0.1, 0.15) is 26.1 Å². The summed E-state index contributed by atoms with van der Waals surface area (Å²) in [4.78, 5) is 26.8. The van der Waals surface area contributed by atoms with Gasteiger partial charge in [0, 0.05) is 32.6 Å². The standard InChI is InChI=1S/C20H29N5O2.HI/c1-4-21-20(25-12-14(2)15(13-25)19(26)27-3)22-11-7-10-18-23-16-8-5-6-9-17(16)24-18;/h5-6,8-9,14-15H,4,7,10-13H2,1-3H3,(H,21,22)(H,23,24);1H. The third kappa shape index (κ3) is 5.36. The van der Waals surface area contributed by atoms with Crippen molar-refractivity contribution in [3.05, 3.63) is 30.1 Å². The number of rotatable bonds is 6. The second kappa shape index (κ2) is 10.6. The normalized spacial score (nSPS) is 19.5. The summed E-state index contributed by atoms with van der Waals surface area (Å²) in [7, 11) is 1.45. The maximum Gasteiger partial charge on any atom is 0.310 e. The highest BCUT2D eigenvalue weighted by Crippen LogP contribution is 2.24. The van der Waals surface area contributed by atoms with Crippen molar-refractivity contribution >= 4 is 46.9 Å². The van der Waals surface area contributed by atoms with E-state index in [0.29, 0.717) is 13.1 Å². The lowest BCUT2D eigenvalue weighted by molar-refractivity contribution is -0.145. The highest BCUT2D eigenvalue weighted by atomic mass is 127. The average molecular weight is 499 g/mol. The van der Waals surface area contributed by atoms with Crippen molar-refractivity contribution in [1.29, 1.82) is 0 Å². The summed E-state index contributed by atoms with van der Waals surface area (Å²) in [5.74, 6) is 1.91. The average Bonchev–Trinajstić information content (AvgIpc) is 3.26. The molecule has 1 aromatic carbocycles. The van der Waals surface area contributed by atoms with Gasteiger partial charge < -0.3 is 19.9 Å². The van der Waals surface area contributed by atoms with Crippen molar-refractivity contribution in [2.45, 2.75) is 26.7 Å². The molecule has 2 unspecified atom stereocenters. The quantitative estimate of drug-likeness (QED) is 0.210. The predicted octanol–water partition coefficient (Wildman–Crippen LogP) is 2.82. The number of hydrogen-bond acceptors (Lipinski definition) is 4. The van der Waals surface area contributed by atoms with Gasteiger partial charge in [0.05, 0.1) is 24.1 Å². The van der Waals surface area contributed by atoms with E-state index >= 15 is 0 Å². The van der Waals surface area contributed by atoms with Crippen LogP contribution in [0.25, 0.3) is 11.0 Å². The van der Waals surface area contributed by atoms with Crippen LogP contribution in [0.4, 0.5) is 0 Å². The Balaban J connectivity index is 0.00000280. The monoisotopic (exact) mass is 499 g/mol. The number of guanidine groups is 1. The molecule has 1 fully saturated rings. The van der Waals surface area contributed by atoms with Gasteiger partial charge in [-0.2, -0.15) is 0 Å². The molecule has 0 radical (unpaired) electrons. The number of likely N-dealkylation sites (tertiary alicyclic amines) is 1. The van der Waals surface area contributed by atoms with Gasteiger partial charge in [0.1, 0.15) is 5.82 Å². The van der Waals surface area contributed by atoms with Gasteiger partial charge >= 0.3 is 5.97 Å². The summed E-state index contributed by atoms with van der Waals surface area (Å²) >= 11 is 0. The SMILES string of the molecule is CCNC(=NCCCc1nc2ccccc2[nH]1)N1CC(C)C(C(=O)OC)C1.I. The molecule has 2 N–H and O–H groups in total. The van der Waals surface area contributed by atoms with Crippen LogP contribution in [-0.2, 0) is 16.0 Å². The first kappa shape index (κ1) is 22.4. The minimum absolute atomic E-state index is 0. The van der Waals surface area contributed by atoms with Crippen LogP contribution >= 0.6 is 24.0 Å². The van der Waals surface area contributed by atoms with Crippen molar-refractivity contribution in [1.82, 2.24) is 20.2 Å². The molecular weight excluding hydrogens is 469 g/mol. The lowest BCUT2D eigenvalue weighted by Crippen LogP contribution is -2.40. The Morgan fingerprint density at radius 1 is 1.39 bits per heavy atom. The molecule has 0 amide bonds. The smallest absolute Gasteiger partial charge is 0.310 e. The minimum atomic E-state index is -0.134. The van der Waals surface area contributed by atoms with Gasteiger partial charge in [-0.25, -0.2) is 4.98 Å². The number of methoxy groups -OCH3 is 1. The summed E-state index contributed by atoms with van der Waals surface area (Å²) < 4.78 is 4.93. The first-order chi connectivity index (χ1) is 13.1. The fraction of sp³-hybridized carbons (Fsp3) is 0.550. The van der Waals surface area contributed by atoms with Crippen molar-refractivity contribution < 1.29 is 9.53 Å². The highest BCUT2D eigenvalue weighted by molar-refractivity contribution is 14.0. The Labute approximate surface area is 183 Å². The third-order valence-electron chi connectivity index (χ3n) is 5.02. The number of hydrogen-bond donors (Lipinski definition) is 2. The van der Waals surface area contributed by atoms with Gasteiger partial charge in [-0.1, -0.05) is 19.1 Å². The number of fused-ring (bicyclic) bond motifs is 1. The van der Waals surface area contributed by atoms with Crippen molar-refractivity contribution in [2.75, 3.05) is 33.3 Å². The Hall–Kier alpha value is -1.84. The number of H-pyrrole nitrogens is 1. The van der Waals surface area contributed by atoms with Crippen LogP contribution < -0.4 is 5.32 Å². The summed E-state index contributed by atoms with van der Waals surface area (Å²) in [6.45, 7) is 7.13. The van der Waals surface area contributed by atoms with Crippen LogP contribution in [-0.4, -0.2) is 60.1 Å². The zero-order chi connectivity index (χ0) is 19.2. The molecule has 0 spiro atoms. The summed E-state index contributed by atoms with van der Waals surface area (Å²) in [5, 5.41) is 3.34. The third-order valence-corrected chi connectivity index (χ3v) is 5.02. The second-order valence-electron chi connectivity index (χ2n) is 7.05. The molecule has 3 rings (SSSR count). The van der Waals surface area contributed by atoms with Crippen molar-refractivity contribution in [3.8, 4) is 0 Å². The molecule has 7 nitrogen and oxygen atoms in total. The molecule has 2 heterocycles. The molecule has 1 saturated heterocycles. The second-order valence-corrected chi connectivity index (χ2v) is 7.05. The largest absolute Gasteiger partial charge is 0.469 e. The zero-order valence-electron chi connectivity index (χ0n) is 16.8. The van der Waals surface area contributed by atoms with Gasteiger partial charge in [0.2, 0.25) is 0 Å². The van der Waals surface area contributed by atoms with Gasteiger partial charge in [0.25, 0.3) is 0 Å². The Morgan fingerprint density at radius 2 is 2.18 bits per heavy atom. The van der Waals surface area contributed by atoms with Crippen LogP contribution in [0.15, 0.2) is 29.3 Å². The number of imidazole rings is 1. The number of carbonyl (C=O) groups is 1. The maximum absolute atomic E-state index is 11.9. The number of aliphatic imine (C=N–C) groups is 1. The van der Waals surface area contributed by atoms with Crippen LogP contribution in [0.5, 0.6) is 0 Å². The van der Waals surface area contributed by atoms with Gasteiger partial charge in [-0.15, -0.1) is 24.0 Å². The van der Waals surface area contributed by atoms with Gasteiger partial charge in [-0.05, 0) is 31.4 Å². The highest BCUT2D eigenvalue weighted by Gasteiger charge is 2.36. The van der Waals surface area contributed by atoms with E-state index in [2.05, 4.69) is 34.0 Å². The number of aromatic nitrogens is 2. The molecule has 2 aromatic rings. The molecule has 1 aliphatic heterocycles. The van der Waals surface area contributed by atoms with Gasteiger partial charge in [0.15, 0.2) is 5.96 Å². The number of nitrogens with one attached hydrogen (secondary N) is 2. The number of carbonyl (C=O) groups excluding carboxylic acids is 1. The first-order valence-corrected chi connectivity index (χ1v) is 9.67. The Bertz CT molecular complexity index is 774. The molecule has 154 valence electrons. The first-order valence-electron chi connectivity index (χ1n) is 9.67. The molecular formula is C20H30IN5O2. The van der Waals surface area contributed by atoms with E-state index in [0.717, 1.165) is 48.7 Å². The number of halogens is 1. The lowest BCUT2D eigenvalue weighted by atomic mass is 9.99. The van der Waals surface area contributed by atoms with E-state index in [-0.39, 0.29) is 41.8 Å². The van der Waals surface area contributed by atoms with Crippen molar-refractivity contribution in [2.24, 2.45) is 16.8 Å². The fourth-order valence-corrected chi connectivity index (χ4v) is 3.58. The van der Waals surface area contributed by atoms with Gasteiger partial charge in [-0.3, -0.25) is 9.79 Å². The molecule has 0 saturated carbocycles. The van der Waals surface area contributed by atoms with E-state index in [1.54, 1.807) is 0 Å². The molecule has 1 aromatic heterocycles. The number of aromatic amines is 1. The summed E-state index contributed by atoms with van der Waals surface area (Å²) in [6.07, 6.45) is 1.78. The number of para-hydroxylation sites is 2. The number of benzene rings is 1. The fourth-order valence-electron chi connectivity index (χ4n) is 3.58. The van der Waals surface area contributed by atoms with Crippen LogP contribution in [0, 0.1) is 11.8 Å². The number of nitrogens with zero attached hydrogens (tertiary/aromatic N) is 3.